The van der Waals surface area contributed by atoms with Crippen LogP contribution in [0.15, 0.2) is 22.7 Å². The molecule has 2 aliphatic rings. The predicted molar refractivity (Wildman–Crippen MR) is 86.4 cm³/mol. The van der Waals surface area contributed by atoms with Crippen LogP contribution < -0.4 is 4.90 Å². The molecular formula is C16H17BrClNO2. The van der Waals surface area contributed by atoms with Crippen LogP contribution in [0.25, 0.3) is 0 Å². The van der Waals surface area contributed by atoms with Crippen molar-refractivity contribution in [2.45, 2.75) is 44.9 Å². The minimum atomic E-state index is -0.466. The highest BCUT2D eigenvalue weighted by atomic mass is 79.9. The molecule has 1 saturated carbocycles. The van der Waals surface area contributed by atoms with E-state index in [1.807, 2.05) is 0 Å². The molecule has 0 radical (unpaired) electrons. The summed E-state index contributed by atoms with van der Waals surface area (Å²) in [5.74, 6) is -0.123. The first-order valence-corrected chi connectivity index (χ1v) is 8.53. The number of amides is 2. The lowest BCUT2D eigenvalue weighted by atomic mass is 9.79. The van der Waals surface area contributed by atoms with Crippen molar-refractivity contribution in [3.05, 3.63) is 27.7 Å². The summed E-state index contributed by atoms with van der Waals surface area (Å²) in [7, 11) is 0. The van der Waals surface area contributed by atoms with Gasteiger partial charge in [0.2, 0.25) is 11.8 Å². The SMILES string of the molecule is O=C1CC2(CCCCCC2)C(=O)N1c1ccc(Cl)cc1Br. The van der Waals surface area contributed by atoms with Crippen molar-refractivity contribution in [1.82, 2.24) is 0 Å². The quantitative estimate of drug-likeness (QED) is 0.672. The average Bonchev–Trinajstić information content (AvgIpc) is 2.60. The standard InChI is InChI=1S/C16H17BrClNO2/c17-12-9-11(18)5-6-13(12)19-14(20)10-16(15(19)21)7-3-1-2-4-8-16/h5-6,9H,1-4,7-8,10H2. The van der Waals surface area contributed by atoms with Crippen LogP contribution in [0.2, 0.25) is 5.02 Å². The highest BCUT2D eigenvalue weighted by molar-refractivity contribution is 9.10. The number of halogens is 2. The first kappa shape index (κ1) is 15.0. The number of imide groups is 1. The monoisotopic (exact) mass is 369 g/mol. The largest absolute Gasteiger partial charge is 0.274 e. The number of carbonyl (C=O) groups excluding carboxylic acids is 2. The van der Waals surface area contributed by atoms with Gasteiger partial charge in [0.05, 0.1) is 11.1 Å². The summed E-state index contributed by atoms with van der Waals surface area (Å²) in [5, 5.41) is 0.578. The van der Waals surface area contributed by atoms with Gasteiger partial charge in [-0.1, -0.05) is 37.3 Å². The summed E-state index contributed by atoms with van der Waals surface area (Å²) >= 11 is 9.35. The molecule has 1 spiro atoms. The Kier molecular flexibility index (Phi) is 4.10. The Balaban J connectivity index is 1.97. The number of nitrogens with zero attached hydrogens (tertiary/aromatic N) is 1. The molecule has 0 aromatic heterocycles. The van der Waals surface area contributed by atoms with E-state index in [2.05, 4.69) is 15.9 Å². The van der Waals surface area contributed by atoms with Gasteiger partial charge in [-0.15, -0.1) is 0 Å². The maximum absolute atomic E-state index is 12.9. The molecule has 2 amide bonds. The van der Waals surface area contributed by atoms with Crippen molar-refractivity contribution in [2.24, 2.45) is 5.41 Å². The third kappa shape index (κ3) is 2.64. The fraction of sp³-hybridized carbons (Fsp3) is 0.500. The maximum Gasteiger partial charge on any atom is 0.240 e. The van der Waals surface area contributed by atoms with Gasteiger partial charge < -0.3 is 0 Å². The molecule has 112 valence electrons. The van der Waals surface area contributed by atoms with Gasteiger partial charge in [-0.2, -0.15) is 0 Å². The molecule has 2 fully saturated rings. The zero-order valence-corrected chi connectivity index (χ0v) is 14.0. The van der Waals surface area contributed by atoms with E-state index in [0.717, 1.165) is 38.5 Å². The molecule has 0 unspecified atom stereocenters. The van der Waals surface area contributed by atoms with Crippen LogP contribution in [0, 0.1) is 5.41 Å². The van der Waals surface area contributed by atoms with E-state index in [0.29, 0.717) is 21.6 Å². The van der Waals surface area contributed by atoms with E-state index < -0.39 is 5.41 Å². The van der Waals surface area contributed by atoms with Crippen molar-refractivity contribution < 1.29 is 9.59 Å². The predicted octanol–water partition coefficient (Wildman–Crippen LogP) is 4.71. The van der Waals surface area contributed by atoms with E-state index in [9.17, 15) is 9.59 Å². The second-order valence-electron chi connectivity index (χ2n) is 6.00. The Bertz CT molecular complexity index is 594. The summed E-state index contributed by atoms with van der Waals surface area (Å²) in [6.07, 6.45) is 6.41. The molecule has 1 aliphatic heterocycles. The van der Waals surface area contributed by atoms with Crippen LogP contribution in [0.4, 0.5) is 5.69 Å². The van der Waals surface area contributed by atoms with Crippen molar-refractivity contribution in [3.63, 3.8) is 0 Å². The van der Waals surface area contributed by atoms with E-state index in [1.165, 1.54) is 4.90 Å². The summed E-state index contributed by atoms with van der Waals surface area (Å²) in [6, 6.07) is 5.16. The van der Waals surface area contributed by atoms with Gasteiger partial charge >= 0.3 is 0 Å². The number of rotatable bonds is 1. The smallest absolute Gasteiger partial charge is 0.240 e. The Morgan fingerprint density at radius 3 is 2.38 bits per heavy atom. The fourth-order valence-corrected chi connectivity index (χ4v) is 4.36. The summed E-state index contributed by atoms with van der Waals surface area (Å²) < 4.78 is 0.683. The third-order valence-corrected chi connectivity index (χ3v) is 5.48. The first-order valence-electron chi connectivity index (χ1n) is 7.36. The minimum Gasteiger partial charge on any atom is -0.274 e. The lowest BCUT2D eigenvalue weighted by Crippen LogP contribution is -2.35. The van der Waals surface area contributed by atoms with Crippen LogP contribution in [0.1, 0.15) is 44.9 Å². The van der Waals surface area contributed by atoms with E-state index in [4.69, 9.17) is 11.6 Å². The summed E-state index contributed by atoms with van der Waals surface area (Å²) in [6.45, 7) is 0. The number of anilines is 1. The van der Waals surface area contributed by atoms with Gasteiger partial charge in [0.1, 0.15) is 0 Å². The van der Waals surface area contributed by atoms with E-state index >= 15 is 0 Å². The molecule has 5 heteroatoms. The van der Waals surface area contributed by atoms with Gasteiger partial charge in [0.15, 0.2) is 0 Å². The van der Waals surface area contributed by atoms with Crippen LogP contribution in [0.3, 0.4) is 0 Å². The van der Waals surface area contributed by atoms with Gasteiger partial charge in [-0.25, -0.2) is 4.90 Å². The molecule has 1 saturated heterocycles. The molecule has 3 rings (SSSR count). The molecular weight excluding hydrogens is 354 g/mol. The van der Waals surface area contributed by atoms with E-state index in [1.54, 1.807) is 18.2 Å². The molecule has 0 N–H and O–H groups in total. The van der Waals surface area contributed by atoms with Crippen molar-refractivity contribution in [2.75, 3.05) is 4.90 Å². The van der Waals surface area contributed by atoms with Gasteiger partial charge in [-0.3, -0.25) is 9.59 Å². The Labute approximate surface area is 137 Å². The Hall–Kier alpha value is -0.870. The molecule has 1 aromatic carbocycles. The summed E-state index contributed by atoms with van der Waals surface area (Å²) in [5.41, 5.74) is 0.141. The zero-order valence-electron chi connectivity index (χ0n) is 11.7. The van der Waals surface area contributed by atoms with Gasteiger partial charge in [0, 0.05) is 15.9 Å². The molecule has 1 heterocycles. The van der Waals surface area contributed by atoms with Crippen LogP contribution in [0.5, 0.6) is 0 Å². The molecule has 1 aliphatic carbocycles. The molecule has 1 aromatic rings. The highest BCUT2D eigenvalue weighted by Gasteiger charge is 2.51. The Morgan fingerprint density at radius 1 is 1.10 bits per heavy atom. The zero-order chi connectivity index (χ0) is 15.0. The lowest BCUT2D eigenvalue weighted by Gasteiger charge is -2.25. The number of carbonyl (C=O) groups is 2. The van der Waals surface area contributed by atoms with E-state index in [-0.39, 0.29) is 11.8 Å². The fourth-order valence-electron chi connectivity index (χ4n) is 3.50. The molecule has 0 bridgehead atoms. The highest BCUT2D eigenvalue weighted by Crippen LogP contribution is 2.46. The lowest BCUT2D eigenvalue weighted by molar-refractivity contribution is -0.126. The van der Waals surface area contributed by atoms with Crippen molar-refractivity contribution in [1.29, 1.82) is 0 Å². The molecule has 21 heavy (non-hydrogen) atoms. The van der Waals surface area contributed by atoms with Gasteiger partial charge in [-0.05, 0) is 47.0 Å². The maximum atomic E-state index is 12.9. The second kappa shape index (κ2) is 5.73. The molecule has 3 nitrogen and oxygen atoms in total. The molecule has 0 atom stereocenters. The number of hydrogen-bond acceptors (Lipinski definition) is 2. The third-order valence-electron chi connectivity index (χ3n) is 4.61. The first-order chi connectivity index (χ1) is 10.0. The number of benzene rings is 1. The number of hydrogen-bond donors (Lipinski definition) is 0. The van der Waals surface area contributed by atoms with Crippen molar-refractivity contribution in [3.8, 4) is 0 Å². The van der Waals surface area contributed by atoms with Crippen LogP contribution in [-0.2, 0) is 9.59 Å². The van der Waals surface area contributed by atoms with Gasteiger partial charge in [0.25, 0.3) is 0 Å². The normalized spacial score (nSPS) is 21.9. The van der Waals surface area contributed by atoms with Crippen molar-refractivity contribution >= 4 is 45.0 Å². The summed E-state index contributed by atoms with van der Waals surface area (Å²) in [4.78, 5) is 26.7. The Morgan fingerprint density at radius 2 is 1.76 bits per heavy atom. The average molecular weight is 371 g/mol. The minimum absolute atomic E-state index is 0.0302. The van der Waals surface area contributed by atoms with Crippen LogP contribution in [-0.4, -0.2) is 11.8 Å². The topological polar surface area (TPSA) is 37.4 Å². The van der Waals surface area contributed by atoms with Crippen LogP contribution >= 0.6 is 27.5 Å². The second-order valence-corrected chi connectivity index (χ2v) is 7.29.